The van der Waals surface area contributed by atoms with Crippen molar-refractivity contribution >= 4 is 49.2 Å². The largest absolute Gasteiger partial charge is 0.319 e. The number of carbonyl (C=O) groups is 1. The Kier molecular flexibility index (Phi) is 6.15. The van der Waals surface area contributed by atoms with Gasteiger partial charge in [0.05, 0.1) is 15.1 Å². The average Bonchev–Trinajstić information content (AvgIpc) is 3.09. The molecule has 0 saturated carbocycles. The van der Waals surface area contributed by atoms with Crippen LogP contribution in [0, 0.1) is 5.92 Å². The summed E-state index contributed by atoms with van der Waals surface area (Å²) in [7, 11) is -1.63. The van der Waals surface area contributed by atoms with Crippen molar-refractivity contribution in [2.45, 2.75) is 22.6 Å². The smallest absolute Gasteiger partial charge is 0.251 e. The number of nitrogens with zero attached hydrogens (tertiary/aromatic N) is 3. The lowest BCUT2D eigenvalue weighted by Gasteiger charge is -2.29. The standard InChI is InChI=1S/C21H23N3O3S3/c1-23-18-5-3-4-6-19(18)29-21(23)22-20(25)15-11-13-24(14-12-15)30(26,27)17-9-7-16(28-2)8-10-17/h3-10,15H,11-14H2,1-2H3. The van der Waals surface area contributed by atoms with Crippen molar-refractivity contribution in [3.8, 4) is 0 Å². The number of aryl methyl sites for hydroxylation is 1. The maximum absolute atomic E-state index is 12.9. The maximum Gasteiger partial charge on any atom is 0.251 e. The molecule has 0 atom stereocenters. The van der Waals surface area contributed by atoms with Gasteiger partial charge < -0.3 is 4.57 Å². The van der Waals surface area contributed by atoms with E-state index >= 15 is 0 Å². The number of aromatic nitrogens is 1. The van der Waals surface area contributed by atoms with Gasteiger partial charge in [-0.15, -0.1) is 11.8 Å². The van der Waals surface area contributed by atoms with Crippen LogP contribution in [0.1, 0.15) is 12.8 Å². The van der Waals surface area contributed by atoms with Gasteiger partial charge in [0.2, 0.25) is 10.0 Å². The number of fused-ring (bicyclic) bond motifs is 1. The zero-order chi connectivity index (χ0) is 21.3. The molecule has 0 spiro atoms. The molecule has 4 rings (SSSR count). The Balaban J connectivity index is 1.47. The molecule has 1 aliphatic rings. The van der Waals surface area contributed by atoms with Crippen LogP contribution in [-0.4, -0.2) is 42.5 Å². The summed E-state index contributed by atoms with van der Waals surface area (Å²) in [6.07, 6.45) is 2.92. The van der Waals surface area contributed by atoms with Crippen molar-refractivity contribution in [3.05, 3.63) is 53.3 Å². The van der Waals surface area contributed by atoms with Crippen LogP contribution in [0.5, 0.6) is 0 Å². The van der Waals surface area contributed by atoms with Crippen LogP contribution in [-0.2, 0) is 21.9 Å². The van der Waals surface area contributed by atoms with Crippen LogP contribution in [0.15, 0.2) is 63.3 Å². The Bertz CT molecular complexity index is 1240. The lowest BCUT2D eigenvalue weighted by Crippen LogP contribution is -2.40. The summed E-state index contributed by atoms with van der Waals surface area (Å²) in [4.78, 5) is 19.1. The van der Waals surface area contributed by atoms with Crippen LogP contribution in [0.25, 0.3) is 10.2 Å². The lowest BCUT2D eigenvalue weighted by molar-refractivity contribution is -0.122. The number of carbonyl (C=O) groups excluding carboxylic acids is 1. The van der Waals surface area contributed by atoms with E-state index in [9.17, 15) is 13.2 Å². The molecular formula is C21H23N3O3S3. The van der Waals surface area contributed by atoms with Crippen LogP contribution in [0.2, 0.25) is 0 Å². The van der Waals surface area contributed by atoms with E-state index in [1.807, 2.05) is 54.3 Å². The predicted molar refractivity (Wildman–Crippen MR) is 121 cm³/mol. The van der Waals surface area contributed by atoms with Gasteiger partial charge in [-0.1, -0.05) is 23.5 Å². The van der Waals surface area contributed by atoms with Crippen LogP contribution in [0.3, 0.4) is 0 Å². The second-order valence-corrected chi connectivity index (χ2v) is 11.0. The second kappa shape index (κ2) is 8.66. The summed E-state index contributed by atoms with van der Waals surface area (Å²) in [5.74, 6) is -0.418. The Labute approximate surface area is 184 Å². The molecule has 158 valence electrons. The molecule has 0 radical (unpaired) electrons. The summed E-state index contributed by atoms with van der Waals surface area (Å²) in [5.41, 5.74) is 1.04. The number of hydrogen-bond donors (Lipinski definition) is 0. The number of piperidine rings is 1. The van der Waals surface area contributed by atoms with Crippen LogP contribution >= 0.6 is 23.1 Å². The third-order valence-electron chi connectivity index (χ3n) is 5.42. The quantitative estimate of drug-likeness (QED) is 0.558. The average molecular weight is 462 g/mol. The first-order valence-electron chi connectivity index (χ1n) is 9.67. The molecule has 1 fully saturated rings. The molecule has 1 aromatic heterocycles. The van der Waals surface area contributed by atoms with Gasteiger partial charge in [0, 0.05) is 31.0 Å². The molecule has 30 heavy (non-hydrogen) atoms. The second-order valence-electron chi connectivity index (χ2n) is 7.22. The van der Waals surface area contributed by atoms with Crippen LogP contribution in [0.4, 0.5) is 0 Å². The molecule has 9 heteroatoms. The van der Waals surface area contributed by atoms with Gasteiger partial charge in [0.15, 0.2) is 4.80 Å². The normalized spacial score (nSPS) is 16.9. The first-order valence-corrected chi connectivity index (χ1v) is 13.2. The van der Waals surface area contributed by atoms with Crippen molar-refractivity contribution < 1.29 is 13.2 Å². The molecule has 0 bridgehead atoms. The molecule has 1 aliphatic heterocycles. The Morgan fingerprint density at radius 3 is 2.40 bits per heavy atom. The lowest BCUT2D eigenvalue weighted by atomic mass is 9.98. The van der Waals surface area contributed by atoms with Gasteiger partial charge in [-0.05, 0) is 55.5 Å². The number of thiazole rings is 1. The monoisotopic (exact) mass is 461 g/mol. The number of amides is 1. The van der Waals surface area contributed by atoms with E-state index in [1.54, 1.807) is 23.9 Å². The van der Waals surface area contributed by atoms with Crippen molar-refractivity contribution in [1.82, 2.24) is 8.87 Å². The molecule has 3 aromatic rings. The van der Waals surface area contributed by atoms with E-state index in [-0.39, 0.29) is 11.8 Å². The Morgan fingerprint density at radius 1 is 1.10 bits per heavy atom. The summed E-state index contributed by atoms with van der Waals surface area (Å²) in [6.45, 7) is 0.661. The zero-order valence-corrected chi connectivity index (χ0v) is 19.3. The minimum absolute atomic E-state index is 0.168. The van der Waals surface area contributed by atoms with Gasteiger partial charge >= 0.3 is 0 Å². The minimum atomic E-state index is -3.54. The number of para-hydroxylation sites is 1. The highest BCUT2D eigenvalue weighted by Crippen LogP contribution is 2.26. The first kappa shape index (κ1) is 21.3. The summed E-state index contributed by atoms with van der Waals surface area (Å²) >= 11 is 3.06. The number of thioether (sulfide) groups is 1. The number of sulfonamides is 1. The molecule has 0 aliphatic carbocycles. The molecule has 1 amide bonds. The number of benzene rings is 2. The minimum Gasteiger partial charge on any atom is -0.319 e. The van der Waals surface area contributed by atoms with Crippen molar-refractivity contribution in [3.63, 3.8) is 0 Å². The maximum atomic E-state index is 12.9. The van der Waals surface area contributed by atoms with E-state index in [4.69, 9.17) is 0 Å². The molecule has 2 heterocycles. The van der Waals surface area contributed by atoms with E-state index in [2.05, 4.69) is 4.99 Å². The Hall–Kier alpha value is -1.94. The highest BCUT2D eigenvalue weighted by atomic mass is 32.2. The molecule has 0 unspecified atom stereocenters. The fraction of sp³-hybridized carbons (Fsp3) is 0.333. The van der Waals surface area contributed by atoms with E-state index < -0.39 is 10.0 Å². The first-order chi connectivity index (χ1) is 14.4. The number of hydrogen-bond acceptors (Lipinski definition) is 5. The number of rotatable bonds is 4. The van der Waals surface area contributed by atoms with Crippen LogP contribution < -0.4 is 4.80 Å². The van der Waals surface area contributed by atoms with Gasteiger partial charge in [-0.3, -0.25) is 4.79 Å². The topological polar surface area (TPSA) is 71.7 Å². The third kappa shape index (κ3) is 4.12. The van der Waals surface area contributed by atoms with Gasteiger partial charge in [-0.25, -0.2) is 8.42 Å². The third-order valence-corrected chi connectivity index (χ3v) is 9.19. The summed E-state index contributed by atoms with van der Waals surface area (Å²) in [6, 6.07) is 14.9. The van der Waals surface area contributed by atoms with Gasteiger partial charge in [-0.2, -0.15) is 9.30 Å². The van der Waals surface area contributed by atoms with Crippen molar-refractivity contribution in [2.24, 2.45) is 18.0 Å². The molecular weight excluding hydrogens is 438 g/mol. The summed E-state index contributed by atoms with van der Waals surface area (Å²) < 4.78 is 30.3. The Morgan fingerprint density at radius 2 is 1.77 bits per heavy atom. The van der Waals surface area contributed by atoms with E-state index in [0.29, 0.717) is 35.6 Å². The van der Waals surface area contributed by atoms with E-state index in [1.165, 1.54) is 15.6 Å². The van der Waals surface area contributed by atoms with Gasteiger partial charge in [0.1, 0.15) is 0 Å². The molecule has 1 saturated heterocycles. The molecule has 2 aromatic carbocycles. The fourth-order valence-electron chi connectivity index (χ4n) is 3.61. The summed E-state index contributed by atoms with van der Waals surface area (Å²) in [5, 5.41) is 0. The van der Waals surface area contributed by atoms with Crippen molar-refractivity contribution in [2.75, 3.05) is 19.3 Å². The molecule has 0 N–H and O–H groups in total. The fourth-order valence-corrected chi connectivity index (χ4v) is 6.52. The highest BCUT2D eigenvalue weighted by molar-refractivity contribution is 7.98. The van der Waals surface area contributed by atoms with Gasteiger partial charge in [0.25, 0.3) is 5.91 Å². The zero-order valence-electron chi connectivity index (χ0n) is 16.8. The SMILES string of the molecule is CSc1ccc(S(=O)(=O)N2CCC(C(=O)N=c3sc4ccccc4n3C)CC2)cc1. The highest BCUT2D eigenvalue weighted by Gasteiger charge is 2.32. The molecule has 6 nitrogen and oxygen atoms in total. The predicted octanol–water partition coefficient (Wildman–Crippen LogP) is 3.49. The van der Waals surface area contributed by atoms with Crippen molar-refractivity contribution in [1.29, 1.82) is 0 Å². The van der Waals surface area contributed by atoms with E-state index in [0.717, 1.165) is 15.1 Å².